The zero-order valence-corrected chi connectivity index (χ0v) is 16.0. The molecule has 2 aromatic rings. The summed E-state index contributed by atoms with van der Waals surface area (Å²) in [5, 5.41) is 13.5. The highest BCUT2D eigenvalue weighted by Crippen LogP contribution is 2.27. The van der Waals surface area contributed by atoms with Crippen molar-refractivity contribution in [3.63, 3.8) is 0 Å². The summed E-state index contributed by atoms with van der Waals surface area (Å²) in [5.41, 5.74) is 1.90. The van der Waals surface area contributed by atoms with Gasteiger partial charge in [-0.15, -0.1) is 11.8 Å². The minimum Gasteiger partial charge on any atom is -0.455 e. The Morgan fingerprint density at radius 1 is 1.22 bits per heavy atom. The number of esters is 1. The number of thioether (sulfide) groups is 1. The van der Waals surface area contributed by atoms with Gasteiger partial charge in [0.1, 0.15) is 5.69 Å². The lowest BCUT2D eigenvalue weighted by atomic mass is 10.2. The van der Waals surface area contributed by atoms with Crippen LogP contribution in [0.1, 0.15) is 11.1 Å². The molecule has 0 fully saturated rings. The van der Waals surface area contributed by atoms with E-state index in [1.807, 2.05) is 31.2 Å². The van der Waals surface area contributed by atoms with Gasteiger partial charge in [-0.05, 0) is 24.6 Å². The van der Waals surface area contributed by atoms with E-state index in [0.717, 1.165) is 11.1 Å². The Bertz CT molecular complexity index is 842. The van der Waals surface area contributed by atoms with Crippen molar-refractivity contribution in [3.05, 3.63) is 68.7 Å². The van der Waals surface area contributed by atoms with Crippen LogP contribution in [0.15, 0.2) is 42.5 Å². The summed E-state index contributed by atoms with van der Waals surface area (Å²) in [6.07, 6.45) is 0. The molecule has 0 saturated heterocycles. The first-order valence-corrected chi connectivity index (χ1v) is 9.41. The summed E-state index contributed by atoms with van der Waals surface area (Å²) in [6, 6.07) is 11.8. The fourth-order valence-corrected chi connectivity index (χ4v) is 3.03. The Kier molecular flexibility index (Phi) is 7.63. The number of aryl methyl sites for hydroxylation is 1. The van der Waals surface area contributed by atoms with Crippen molar-refractivity contribution in [3.8, 4) is 0 Å². The molecule has 142 valence electrons. The van der Waals surface area contributed by atoms with E-state index in [9.17, 15) is 19.7 Å². The molecule has 0 spiro atoms. The molecule has 0 bridgehead atoms. The van der Waals surface area contributed by atoms with Crippen molar-refractivity contribution in [2.24, 2.45) is 0 Å². The number of hydrogen-bond acceptors (Lipinski definition) is 6. The third kappa shape index (κ3) is 6.92. The Labute approximate surface area is 165 Å². The smallest absolute Gasteiger partial charge is 0.316 e. The van der Waals surface area contributed by atoms with Gasteiger partial charge >= 0.3 is 5.97 Å². The highest BCUT2D eigenvalue weighted by Gasteiger charge is 2.17. The van der Waals surface area contributed by atoms with Crippen LogP contribution in [-0.4, -0.2) is 29.2 Å². The van der Waals surface area contributed by atoms with E-state index in [2.05, 4.69) is 5.32 Å². The molecule has 7 nitrogen and oxygen atoms in total. The average molecular weight is 409 g/mol. The van der Waals surface area contributed by atoms with Crippen molar-refractivity contribution in [1.82, 2.24) is 0 Å². The molecule has 0 saturated carbocycles. The van der Waals surface area contributed by atoms with E-state index in [1.165, 1.54) is 30.0 Å². The topological polar surface area (TPSA) is 98.5 Å². The van der Waals surface area contributed by atoms with Gasteiger partial charge < -0.3 is 10.1 Å². The highest BCUT2D eigenvalue weighted by molar-refractivity contribution is 7.99. The minimum absolute atomic E-state index is 0.0534. The standard InChI is InChI=1S/C18H17ClN2O5S/c1-12-2-4-13(5-3-12)10-27-11-18(23)26-9-17(22)20-15-8-14(19)6-7-16(15)21(24)25/h2-8H,9-11H2,1H3,(H,20,22). The van der Waals surface area contributed by atoms with Crippen molar-refractivity contribution < 1.29 is 19.2 Å². The van der Waals surface area contributed by atoms with Crippen LogP contribution in [-0.2, 0) is 20.1 Å². The fourth-order valence-electron chi connectivity index (χ4n) is 2.08. The first-order chi connectivity index (χ1) is 12.8. The van der Waals surface area contributed by atoms with Crippen LogP contribution in [0.25, 0.3) is 0 Å². The molecule has 0 aliphatic rings. The van der Waals surface area contributed by atoms with Gasteiger partial charge in [-0.2, -0.15) is 0 Å². The number of benzene rings is 2. The Morgan fingerprint density at radius 3 is 2.59 bits per heavy atom. The molecule has 0 radical (unpaired) electrons. The van der Waals surface area contributed by atoms with Gasteiger partial charge in [0.2, 0.25) is 0 Å². The first-order valence-electron chi connectivity index (χ1n) is 7.88. The lowest BCUT2D eigenvalue weighted by Crippen LogP contribution is -2.22. The van der Waals surface area contributed by atoms with Crippen LogP contribution < -0.4 is 5.32 Å². The Hall–Kier alpha value is -2.58. The third-order valence-corrected chi connectivity index (χ3v) is 4.62. The largest absolute Gasteiger partial charge is 0.455 e. The second-order valence-corrected chi connectivity index (χ2v) is 7.03. The molecule has 0 atom stereocenters. The van der Waals surface area contributed by atoms with E-state index in [-0.39, 0.29) is 22.2 Å². The lowest BCUT2D eigenvalue weighted by Gasteiger charge is -2.07. The average Bonchev–Trinajstić information content (AvgIpc) is 2.61. The van der Waals surface area contributed by atoms with Gasteiger partial charge in [-0.25, -0.2) is 0 Å². The number of nitrogens with zero attached hydrogens (tertiary/aromatic N) is 1. The number of rotatable bonds is 8. The summed E-state index contributed by atoms with van der Waals surface area (Å²) < 4.78 is 4.89. The quantitative estimate of drug-likeness (QED) is 0.403. The second kappa shape index (κ2) is 9.94. The van der Waals surface area contributed by atoms with E-state index < -0.39 is 23.4 Å². The number of ether oxygens (including phenoxy) is 1. The van der Waals surface area contributed by atoms with Gasteiger partial charge in [-0.1, -0.05) is 41.4 Å². The van der Waals surface area contributed by atoms with Crippen molar-refractivity contribution in [2.75, 3.05) is 17.7 Å². The molecule has 0 aliphatic carbocycles. The molecule has 1 amide bonds. The minimum atomic E-state index is -0.683. The van der Waals surface area contributed by atoms with Crippen LogP contribution in [0.5, 0.6) is 0 Å². The summed E-state index contributed by atoms with van der Waals surface area (Å²) >= 11 is 7.16. The summed E-state index contributed by atoms with van der Waals surface area (Å²) in [6.45, 7) is 1.46. The Morgan fingerprint density at radius 2 is 1.93 bits per heavy atom. The molecule has 0 unspecified atom stereocenters. The number of nitrogens with one attached hydrogen (secondary N) is 1. The molecule has 2 aromatic carbocycles. The highest BCUT2D eigenvalue weighted by atomic mass is 35.5. The normalized spacial score (nSPS) is 10.3. The maximum Gasteiger partial charge on any atom is 0.316 e. The maximum atomic E-state index is 11.9. The van der Waals surface area contributed by atoms with Gasteiger partial charge in [0.25, 0.3) is 11.6 Å². The molecule has 0 aliphatic heterocycles. The molecule has 9 heteroatoms. The number of nitro groups is 1. The molecule has 27 heavy (non-hydrogen) atoms. The van der Waals surface area contributed by atoms with E-state index >= 15 is 0 Å². The van der Waals surface area contributed by atoms with Gasteiger partial charge in [0, 0.05) is 16.8 Å². The van der Waals surface area contributed by atoms with Crippen LogP contribution >= 0.6 is 23.4 Å². The SMILES string of the molecule is Cc1ccc(CSCC(=O)OCC(=O)Nc2cc(Cl)ccc2[N+](=O)[O-])cc1. The van der Waals surface area contributed by atoms with Crippen molar-refractivity contribution in [2.45, 2.75) is 12.7 Å². The molecular formula is C18H17ClN2O5S. The summed E-state index contributed by atoms with van der Waals surface area (Å²) in [7, 11) is 0. The summed E-state index contributed by atoms with van der Waals surface area (Å²) in [5.74, 6) is -0.477. The zero-order valence-electron chi connectivity index (χ0n) is 14.4. The predicted octanol–water partition coefficient (Wildman–Crippen LogP) is 3.97. The van der Waals surface area contributed by atoms with E-state index in [1.54, 1.807) is 0 Å². The number of anilines is 1. The van der Waals surface area contributed by atoms with Crippen LogP contribution in [0, 0.1) is 17.0 Å². The number of nitro benzene ring substituents is 1. The lowest BCUT2D eigenvalue weighted by molar-refractivity contribution is -0.383. The number of halogens is 1. The van der Waals surface area contributed by atoms with E-state index in [4.69, 9.17) is 16.3 Å². The van der Waals surface area contributed by atoms with Gasteiger partial charge in [0.05, 0.1) is 10.7 Å². The summed E-state index contributed by atoms with van der Waals surface area (Å²) in [4.78, 5) is 33.9. The predicted molar refractivity (Wildman–Crippen MR) is 105 cm³/mol. The van der Waals surface area contributed by atoms with Crippen molar-refractivity contribution in [1.29, 1.82) is 0 Å². The second-order valence-electron chi connectivity index (χ2n) is 5.61. The molecular weight excluding hydrogens is 392 g/mol. The molecule has 0 heterocycles. The van der Waals surface area contributed by atoms with Crippen LogP contribution in [0.2, 0.25) is 5.02 Å². The number of amides is 1. The zero-order chi connectivity index (χ0) is 19.8. The first kappa shape index (κ1) is 20.7. The maximum absolute atomic E-state index is 11.9. The monoisotopic (exact) mass is 408 g/mol. The molecule has 1 N–H and O–H groups in total. The third-order valence-electron chi connectivity index (χ3n) is 3.40. The number of carbonyl (C=O) groups excluding carboxylic acids is 2. The molecule has 0 aromatic heterocycles. The number of carbonyl (C=O) groups is 2. The van der Waals surface area contributed by atoms with Gasteiger partial charge in [0.15, 0.2) is 6.61 Å². The Balaban J connectivity index is 1.76. The van der Waals surface area contributed by atoms with Crippen LogP contribution in [0.3, 0.4) is 0 Å². The van der Waals surface area contributed by atoms with Crippen LogP contribution in [0.4, 0.5) is 11.4 Å². The van der Waals surface area contributed by atoms with Gasteiger partial charge in [-0.3, -0.25) is 19.7 Å². The van der Waals surface area contributed by atoms with E-state index in [0.29, 0.717) is 5.75 Å². The molecule has 2 rings (SSSR count). The van der Waals surface area contributed by atoms with Crippen molar-refractivity contribution >= 4 is 46.6 Å². The number of hydrogen-bond donors (Lipinski definition) is 1. The fraction of sp³-hybridized carbons (Fsp3) is 0.222.